The zero-order valence-electron chi connectivity index (χ0n) is 12.2. The van der Waals surface area contributed by atoms with E-state index in [4.69, 9.17) is 5.73 Å². The minimum absolute atomic E-state index is 0.0144. The van der Waals surface area contributed by atoms with E-state index in [0.717, 1.165) is 24.8 Å². The Balaban J connectivity index is 1.99. The molecule has 2 rings (SSSR count). The Morgan fingerprint density at radius 2 is 2.20 bits per heavy atom. The summed E-state index contributed by atoms with van der Waals surface area (Å²) in [5, 5.41) is 0. The fourth-order valence-electron chi connectivity index (χ4n) is 2.92. The second kappa shape index (κ2) is 6.24. The van der Waals surface area contributed by atoms with Crippen molar-refractivity contribution >= 4 is 10.0 Å². The second-order valence-corrected chi connectivity index (χ2v) is 7.87. The van der Waals surface area contributed by atoms with Crippen LogP contribution in [0.15, 0.2) is 24.3 Å². The quantitative estimate of drug-likeness (QED) is 0.925. The van der Waals surface area contributed by atoms with E-state index < -0.39 is 10.0 Å². The zero-order valence-corrected chi connectivity index (χ0v) is 13.1. The third-order valence-corrected chi connectivity index (χ3v) is 5.28. The largest absolute Gasteiger partial charge is 0.324 e. The van der Waals surface area contributed by atoms with Crippen molar-refractivity contribution in [1.29, 1.82) is 0 Å². The molecule has 1 aliphatic heterocycles. The van der Waals surface area contributed by atoms with E-state index in [1.165, 1.54) is 11.8 Å². The molecule has 0 radical (unpaired) electrons. The molecule has 1 heterocycles. The van der Waals surface area contributed by atoms with Crippen LogP contribution < -0.4 is 5.73 Å². The molecular weight excluding hydrogens is 272 g/mol. The number of piperidine rings is 1. The molecule has 0 saturated carbocycles. The summed E-state index contributed by atoms with van der Waals surface area (Å²) in [6, 6.07) is 8.23. The van der Waals surface area contributed by atoms with Crippen molar-refractivity contribution in [2.45, 2.75) is 32.2 Å². The molecule has 0 bridgehead atoms. The lowest BCUT2D eigenvalue weighted by Crippen LogP contribution is -2.40. The van der Waals surface area contributed by atoms with Crippen LogP contribution in [-0.2, 0) is 10.0 Å². The highest BCUT2D eigenvalue weighted by molar-refractivity contribution is 7.88. The Morgan fingerprint density at radius 1 is 1.45 bits per heavy atom. The zero-order chi connectivity index (χ0) is 14.8. The SMILES string of the molecule is Cc1cccc(C(N)CC2CCCN(S(C)(=O)=O)C2)c1. The van der Waals surface area contributed by atoms with Crippen LogP contribution in [-0.4, -0.2) is 32.1 Å². The summed E-state index contributed by atoms with van der Waals surface area (Å²) >= 11 is 0. The van der Waals surface area contributed by atoms with Crippen LogP contribution in [0.5, 0.6) is 0 Å². The highest BCUT2D eigenvalue weighted by Gasteiger charge is 2.27. The Morgan fingerprint density at radius 3 is 2.85 bits per heavy atom. The summed E-state index contributed by atoms with van der Waals surface area (Å²) in [5.74, 6) is 0.356. The molecule has 0 spiro atoms. The van der Waals surface area contributed by atoms with Gasteiger partial charge in [0.1, 0.15) is 0 Å². The number of rotatable bonds is 4. The van der Waals surface area contributed by atoms with E-state index in [0.29, 0.717) is 19.0 Å². The van der Waals surface area contributed by atoms with Gasteiger partial charge in [0, 0.05) is 19.1 Å². The van der Waals surface area contributed by atoms with Gasteiger partial charge in [-0.3, -0.25) is 0 Å². The van der Waals surface area contributed by atoms with Crippen molar-refractivity contribution < 1.29 is 8.42 Å². The number of sulfonamides is 1. The predicted molar refractivity (Wildman–Crippen MR) is 81.9 cm³/mol. The molecule has 112 valence electrons. The lowest BCUT2D eigenvalue weighted by atomic mass is 9.89. The van der Waals surface area contributed by atoms with Crippen molar-refractivity contribution in [1.82, 2.24) is 4.31 Å². The van der Waals surface area contributed by atoms with E-state index in [1.807, 2.05) is 6.07 Å². The van der Waals surface area contributed by atoms with Gasteiger partial charge in [-0.2, -0.15) is 0 Å². The highest BCUT2D eigenvalue weighted by atomic mass is 32.2. The maximum absolute atomic E-state index is 11.6. The second-order valence-electron chi connectivity index (χ2n) is 5.89. The van der Waals surface area contributed by atoms with Crippen LogP contribution in [0.1, 0.15) is 36.4 Å². The molecule has 2 unspecified atom stereocenters. The molecule has 2 atom stereocenters. The molecule has 1 fully saturated rings. The minimum atomic E-state index is -3.07. The summed E-state index contributed by atoms with van der Waals surface area (Å²) < 4.78 is 24.8. The van der Waals surface area contributed by atoms with Gasteiger partial charge in [0.2, 0.25) is 10.0 Å². The summed E-state index contributed by atoms with van der Waals surface area (Å²) in [6.45, 7) is 3.32. The fraction of sp³-hybridized carbons (Fsp3) is 0.600. The minimum Gasteiger partial charge on any atom is -0.324 e. The molecule has 5 heteroatoms. The molecule has 20 heavy (non-hydrogen) atoms. The predicted octanol–water partition coefficient (Wildman–Crippen LogP) is 2.06. The molecule has 4 nitrogen and oxygen atoms in total. The van der Waals surface area contributed by atoms with E-state index >= 15 is 0 Å². The van der Waals surface area contributed by atoms with E-state index in [9.17, 15) is 8.42 Å². The van der Waals surface area contributed by atoms with Gasteiger partial charge in [0.25, 0.3) is 0 Å². The van der Waals surface area contributed by atoms with Crippen LogP contribution in [0.2, 0.25) is 0 Å². The first-order valence-electron chi connectivity index (χ1n) is 7.13. The Hall–Kier alpha value is -0.910. The molecule has 1 aromatic carbocycles. The van der Waals surface area contributed by atoms with Gasteiger partial charge in [0.15, 0.2) is 0 Å². The van der Waals surface area contributed by atoms with E-state index in [1.54, 1.807) is 4.31 Å². The lowest BCUT2D eigenvalue weighted by molar-refractivity contribution is 0.247. The van der Waals surface area contributed by atoms with Crippen LogP contribution >= 0.6 is 0 Å². The third kappa shape index (κ3) is 4.04. The van der Waals surface area contributed by atoms with Crippen molar-refractivity contribution in [3.63, 3.8) is 0 Å². The van der Waals surface area contributed by atoms with Gasteiger partial charge in [-0.05, 0) is 37.7 Å². The molecular formula is C15H24N2O2S. The van der Waals surface area contributed by atoms with Crippen LogP contribution in [0.4, 0.5) is 0 Å². The summed E-state index contributed by atoms with van der Waals surface area (Å²) in [6.07, 6.45) is 4.12. The van der Waals surface area contributed by atoms with Crippen molar-refractivity contribution in [3.05, 3.63) is 35.4 Å². The van der Waals surface area contributed by atoms with Crippen LogP contribution in [0.3, 0.4) is 0 Å². The summed E-state index contributed by atoms with van der Waals surface area (Å²) in [5.41, 5.74) is 8.63. The van der Waals surface area contributed by atoms with Crippen molar-refractivity contribution in [2.24, 2.45) is 11.7 Å². The van der Waals surface area contributed by atoms with Crippen LogP contribution in [0, 0.1) is 12.8 Å². The van der Waals surface area contributed by atoms with Crippen molar-refractivity contribution in [3.8, 4) is 0 Å². The Kier molecular flexibility index (Phi) is 4.83. The van der Waals surface area contributed by atoms with Crippen LogP contribution in [0.25, 0.3) is 0 Å². The van der Waals surface area contributed by atoms with Gasteiger partial charge in [-0.15, -0.1) is 0 Å². The smallest absolute Gasteiger partial charge is 0.211 e. The van der Waals surface area contributed by atoms with Gasteiger partial charge < -0.3 is 5.73 Å². The summed E-state index contributed by atoms with van der Waals surface area (Å²) in [7, 11) is -3.07. The molecule has 0 aromatic heterocycles. The Labute approximate surface area is 122 Å². The molecule has 1 aliphatic rings. The number of nitrogens with zero attached hydrogens (tertiary/aromatic N) is 1. The first-order valence-corrected chi connectivity index (χ1v) is 8.98. The van der Waals surface area contributed by atoms with Gasteiger partial charge >= 0.3 is 0 Å². The number of hydrogen-bond donors (Lipinski definition) is 1. The topological polar surface area (TPSA) is 63.4 Å². The maximum atomic E-state index is 11.6. The number of nitrogens with two attached hydrogens (primary N) is 1. The van der Waals surface area contributed by atoms with E-state index in [2.05, 4.69) is 25.1 Å². The maximum Gasteiger partial charge on any atom is 0.211 e. The molecule has 1 saturated heterocycles. The number of aryl methyl sites for hydroxylation is 1. The highest BCUT2D eigenvalue weighted by Crippen LogP contribution is 2.27. The average Bonchev–Trinajstić information content (AvgIpc) is 2.38. The summed E-state index contributed by atoms with van der Waals surface area (Å²) in [4.78, 5) is 0. The number of hydrogen-bond acceptors (Lipinski definition) is 3. The van der Waals surface area contributed by atoms with E-state index in [-0.39, 0.29) is 6.04 Å². The number of benzene rings is 1. The normalized spacial score (nSPS) is 22.6. The molecule has 0 amide bonds. The molecule has 1 aromatic rings. The fourth-order valence-corrected chi connectivity index (χ4v) is 3.86. The standard InChI is InChI=1S/C15H24N2O2S/c1-12-5-3-7-14(9-12)15(16)10-13-6-4-8-17(11-13)20(2,18)19/h3,5,7,9,13,15H,4,6,8,10-11,16H2,1-2H3. The molecule has 0 aliphatic carbocycles. The van der Waals surface area contributed by atoms with Crippen molar-refractivity contribution in [2.75, 3.05) is 19.3 Å². The first kappa shape index (κ1) is 15.5. The average molecular weight is 296 g/mol. The van der Waals surface area contributed by atoms with Gasteiger partial charge in [0.05, 0.1) is 6.26 Å². The Bertz CT molecular complexity index is 557. The third-order valence-electron chi connectivity index (χ3n) is 4.01. The first-order chi connectivity index (χ1) is 9.36. The van der Waals surface area contributed by atoms with Gasteiger partial charge in [-0.1, -0.05) is 29.8 Å². The monoisotopic (exact) mass is 296 g/mol. The van der Waals surface area contributed by atoms with Gasteiger partial charge in [-0.25, -0.2) is 12.7 Å². The lowest BCUT2D eigenvalue weighted by Gasteiger charge is -2.32. The molecule has 2 N–H and O–H groups in total.